The first-order chi connectivity index (χ1) is 12.9. The summed E-state index contributed by atoms with van der Waals surface area (Å²) in [4.78, 5) is 22.7. The Labute approximate surface area is 157 Å². The molecule has 0 aliphatic carbocycles. The highest BCUT2D eigenvalue weighted by molar-refractivity contribution is 5.93. The molecule has 0 aromatic carbocycles. The van der Waals surface area contributed by atoms with Gasteiger partial charge in [0.25, 0.3) is 0 Å². The van der Waals surface area contributed by atoms with Crippen molar-refractivity contribution in [3.8, 4) is 0 Å². The van der Waals surface area contributed by atoms with E-state index in [1.54, 1.807) is 0 Å². The molecule has 4 nitrogen and oxygen atoms in total. The van der Waals surface area contributed by atoms with Gasteiger partial charge >= 0.3 is 36.1 Å². The number of rotatable bonds is 11. The lowest BCUT2D eigenvalue weighted by molar-refractivity contribution is -0.285. The summed E-state index contributed by atoms with van der Waals surface area (Å²) >= 11 is 0. The lowest BCUT2D eigenvalue weighted by Gasteiger charge is -2.19. The Kier molecular flexibility index (Phi) is 9.44. The third-order valence-corrected chi connectivity index (χ3v) is 3.24. The summed E-state index contributed by atoms with van der Waals surface area (Å²) in [6.45, 7) is 1.45. The molecule has 0 aliphatic heterocycles. The van der Waals surface area contributed by atoms with Crippen molar-refractivity contribution in [2.75, 3.05) is 13.2 Å². The van der Waals surface area contributed by atoms with E-state index in [-0.39, 0.29) is 0 Å². The summed E-state index contributed by atoms with van der Waals surface area (Å²) in [5, 5.41) is 0. The molecule has 0 spiro atoms. The zero-order valence-corrected chi connectivity index (χ0v) is 14.6. The molecule has 0 unspecified atom stereocenters. The molecule has 0 aromatic heterocycles. The fourth-order valence-corrected chi connectivity index (χ4v) is 1.62. The van der Waals surface area contributed by atoms with Gasteiger partial charge in [-0.05, 0) is 12.8 Å². The van der Waals surface area contributed by atoms with Crippen LogP contribution in [0.4, 0.5) is 43.9 Å². The van der Waals surface area contributed by atoms with Crippen molar-refractivity contribution in [1.82, 2.24) is 0 Å². The maximum absolute atomic E-state index is 12.6. The molecule has 170 valence electrons. The van der Waals surface area contributed by atoms with Gasteiger partial charge in [0.2, 0.25) is 0 Å². The van der Waals surface area contributed by atoms with Gasteiger partial charge in [-0.3, -0.25) is 4.79 Å². The molecular weight excluding hydrogens is 434 g/mol. The molecule has 0 radical (unpaired) electrons. The number of ether oxygens (including phenoxy) is 2. The van der Waals surface area contributed by atoms with Crippen LogP contribution in [0.5, 0.6) is 0 Å². The predicted octanol–water partition coefficient (Wildman–Crippen LogP) is 4.97. The van der Waals surface area contributed by atoms with Gasteiger partial charge in [0.15, 0.2) is 0 Å². The van der Waals surface area contributed by atoms with Crippen LogP contribution in [0.3, 0.4) is 0 Å². The van der Waals surface area contributed by atoms with Crippen molar-refractivity contribution in [1.29, 1.82) is 0 Å². The molecule has 0 rings (SSSR count). The van der Waals surface area contributed by atoms with Crippen LogP contribution in [0, 0.1) is 0 Å². The lowest BCUT2D eigenvalue weighted by atomic mass is 10.2. The highest BCUT2D eigenvalue weighted by Gasteiger charge is 2.57. The smallest absolute Gasteiger partial charge is 0.453 e. The molecule has 0 heterocycles. The molecule has 0 aliphatic rings. The average Bonchev–Trinajstić information content (AvgIpc) is 2.53. The highest BCUT2D eigenvalue weighted by Crippen LogP contribution is 2.39. The molecule has 0 saturated heterocycles. The van der Waals surface area contributed by atoms with Gasteiger partial charge in [0.05, 0.1) is 19.6 Å². The number of hydrogen-bond acceptors (Lipinski definition) is 4. The zero-order valence-electron chi connectivity index (χ0n) is 14.6. The van der Waals surface area contributed by atoms with E-state index in [0.29, 0.717) is 0 Å². The van der Waals surface area contributed by atoms with E-state index in [0.717, 1.165) is 0 Å². The van der Waals surface area contributed by atoms with E-state index in [1.807, 2.05) is 0 Å². The minimum Gasteiger partial charge on any atom is -0.465 e. The van der Waals surface area contributed by atoms with Crippen LogP contribution < -0.4 is 0 Å². The van der Waals surface area contributed by atoms with Gasteiger partial charge < -0.3 is 9.47 Å². The van der Waals surface area contributed by atoms with Crippen LogP contribution in [-0.2, 0) is 19.1 Å². The molecule has 0 fully saturated rings. The molecule has 14 heteroatoms. The first-order valence-electron chi connectivity index (χ1n) is 7.80. The molecular formula is C15H16F10O4. The fraction of sp³-hybridized carbons (Fsp3) is 0.733. The van der Waals surface area contributed by atoms with E-state index < -0.39 is 87.0 Å². The largest absolute Gasteiger partial charge is 0.465 e. The number of carbonyl (C=O) groups is 2. The van der Waals surface area contributed by atoms with Gasteiger partial charge in [0, 0.05) is 18.4 Å². The Morgan fingerprint density at radius 1 is 0.690 bits per heavy atom. The Balaban J connectivity index is 4.14. The minimum absolute atomic E-state index is 0.585. The van der Waals surface area contributed by atoms with Crippen molar-refractivity contribution in [3.05, 3.63) is 12.2 Å². The quantitative estimate of drug-likeness (QED) is 0.193. The first-order valence-corrected chi connectivity index (χ1v) is 7.80. The van der Waals surface area contributed by atoms with Crippen molar-refractivity contribution in [2.45, 2.75) is 56.3 Å². The molecule has 0 amide bonds. The van der Waals surface area contributed by atoms with Crippen molar-refractivity contribution in [2.24, 2.45) is 0 Å². The molecule has 0 bridgehead atoms. The van der Waals surface area contributed by atoms with Crippen molar-refractivity contribution >= 4 is 11.9 Å². The van der Waals surface area contributed by atoms with Crippen LogP contribution in [0.25, 0.3) is 0 Å². The van der Waals surface area contributed by atoms with E-state index in [4.69, 9.17) is 0 Å². The molecule has 0 aromatic rings. The summed E-state index contributed by atoms with van der Waals surface area (Å²) in [5.41, 5.74) is -0.585. The summed E-state index contributed by atoms with van der Waals surface area (Å²) in [6, 6.07) is 0. The monoisotopic (exact) mass is 450 g/mol. The average molecular weight is 450 g/mol. The zero-order chi connectivity index (χ0) is 23.1. The number of esters is 2. The summed E-state index contributed by atoms with van der Waals surface area (Å²) in [7, 11) is 0. The van der Waals surface area contributed by atoms with E-state index in [9.17, 15) is 53.5 Å². The normalized spacial score (nSPS) is 13.2. The Morgan fingerprint density at radius 2 is 1.07 bits per heavy atom. The Bertz CT molecular complexity index is 581. The third-order valence-electron chi connectivity index (χ3n) is 3.24. The van der Waals surface area contributed by atoms with Crippen LogP contribution >= 0.6 is 0 Å². The topological polar surface area (TPSA) is 52.6 Å². The summed E-state index contributed by atoms with van der Waals surface area (Å²) < 4.78 is 131. The highest BCUT2D eigenvalue weighted by atomic mass is 19.4. The number of hydrogen-bond donors (Lipinski definition) is 0. The second-order valence-electron chi connectivity index (χ2n) is 5.75. The Morgan fingerprint density at radius 3 is 1.45 bits per heavy atom. The van der Waals surface area contributed by atoms with E-state index in [2.05, 4.69) is 16.1 Å². The second-order valence-corrected chi connectivity index (χ2v) is 5.75. The van der Waals surface area contributed by atoms with Crippen LogP contribution in [0.2, 0.25) is 0 Å². The lowest BCUT2D eigenvalue weighted by Crippen LogP contribution is -2.36. The Hall–Kier alpha value is -2.02. The number of alkyl halides is 10. The second kappa shape index (κ2) is 10.1. The summed E-state index contributed by atoms with van der Waals surface area (Å²) in [5.74, 6) is -12.5. The van der Waals surface area contributed by atoms with Crippen molar-refractivity contribution in [3.63, 3.8) is 0 Å². The fourth-order valence-electron chi connectivity index (χ4n) is 1.62. The number of halogens is 10. The van der Waals surface area contributed by atoms with Crippen LogP contribution in [-0.4, -0.2) is 49.4 Å². The summed E-state index contributed by atoms with van der Waals surface area (Å²) in [6.07, 6.45) is -17.3. The van der Waals surface area contributed by atoms with E-state index in [1.165, 1.54) is 0 Å². The molecule has 0 N–H and O–H groups in total. The predicted molar refractivity (Wildman–Crippen MR) is 76.1 cm³/mol. The standard InChI is InChI=1S/C15H16F10O4/c1-9(11(27)29-7-3-5-13(18,19)15(23,24)25)8-10(26)28-6-2-4-12(16,17)14(20,21)22/h1-8H2. The third kappa shape index (κ3) is 9.35. The molecule has 0 saturated carbocycles. The van der Waals surface area contributed by atoms with Crippen molar-refractivity contribution < 1.29 is 63.0 Å². The van der Waals surface area contributed by atoms with Gasteiger partial charge in [-0.25, -0.2) is 4.79 Å². The maximum Gasteiger partial charge on any atom is 0.453 e. The van der Waals surface area contributed by atoms with Gasteiger partial charge in [-0.2, -0.15) is 43.9 Å². The maximum atomic E-state index is 12.6. The van der Waals surface area contributed by atoms with Gasteiger partial charge in [-0.15, -0.1) is 0 Å². The van der Waals surface area contributed by atoms with Gasteiger partial charge in [0.1, 0.15) is 0 Å². The molecule has 0 atom stereocenters. The first kappa shape index (κ1) is 27.0. The van der Waals surface area contributed by atoms with Crippen LogP contribution in [0.1, 0.15) is 32.1 Å². The molecule has 29 heavy (non-hydrogen) atoms. The van der Waals surface area contributed by atoms with Gasteiger partial charge in [-0.1, -0.05) is 6.58 Å². The minimum atomic E-state index is -5.76. The SMILES string of the molecule is C=C(CC(=O)OCCCC(F)(F)C(F)(F)F)C(=O)OCCCC(F)(F)C(F)(F)F. The van der Waals surface area contributed by atoms with Crippen LogP contribution in [0.15, 0.2) is 12.2 Å². The van der Waals surface area contributed by atoms with E-state index >= 15 is 0 Å². The number of carbonyl (C=O) groups excluding carboxylic acids is 2.